The molecule has 6 nitrogen and oxygen atoms in total. The lowest BCUT2D eigenvalue weighted by atomic mass is 10.1. The first-order valence-electron chi connectivity index (χ1n) is 5.34. The number of nitrogen functional groups attached to an aromatic ring is 1. The van der Waals surface area contributed by atoms with Crippen LogP contribution in [0.25, 0.3) is 11.3 Å². The van der Waals surface area contributed by atoms with Crippen molar-refractivity contribution >= 4 is 5.82 Å². The van der Waals surface area contributed by atoms with Gasteiger partial charge in [-0.25, -0.2) is 4.98 Å². The monoisotopic (exact) mass is 246 g/mol. The van der Waals surface area contributed by atoms with Gasteiger partial charge in [-0.2, -0.15) is 0 Å². The van der Waals surface area contributed by atoms with Crippen molar-refractivity contribution in [2.45, 2.75) is 6.92 Å². The van der Waals surface area contributed by atoms with Crippen molar-refractivity contribution in [1.29, 1.82) is 0 Å². The van der Waals surface area contributed by atoms with E-state index >= 15 is 0 Å². The second-order valence-corrected chi connectivity index (χ2v) is 3.67. The van der Waals surface area contributed by atoms with E-state index in [9.17, 15) is 0 Å². The Bertz CT molecular complexity index is 572. The lowest BCUT2D eigenvalue weighted by Crippen LogP contribution is -2.01. The molecule has 2 N–H and O–H groups in total. The fourth-order valence-corrected chi connectivity index (χ4v) is 1.82. The molecule has 0 bridgehead atoms. The molecule has 0 aliphatic rings. The summed E-state index contributed by atoms with van der Waals surface area (Å²) in [6, 6.07) is 3.66. The van der Waals surface area contributed by atoms with Crippen molar-refractivity contribution in [3.63, 3.8) is 0 Å². The highest BCUT2D eigenvalue weighted by atomic mass is 16.5. The van der Waals surface area contributed by atoms with E-state index in [4.69, 9.17) is 15.2 Å². The minimum Gasteiger partial charge on any atom is -0.496 e. The predicted molar refractivity (Wildman–Crippen MR) is 67.5 cm³/mol. The van der Waals surface area contributed by atoms with Crippen LogP contribution in [0.1, 0.15) is 5.56 Å². The van der Waals surface area contributed by atoms with Crippen LogP contribution in [-0.4, -0.2) is 29.4 Å². The first kappa shape index (κ1) is 12.1. The summed E-state index contributed by atoms with van der Waals surface area (Å²) in [7, 11) is 3.20. The molecule has 0 atom stereocenters. The number of nitrogens with zero attached hydrogens (tertiary/aromatic N) is 3. The fraction of sp³-hybridized carbons (Fsp3) is 0.250. The van der Waals surface area contributed by atoms with Crippen LogP contribution in [0.15, 0.2) is 18.5 Å². The van der Waals surface area contributed by atoms with Crippen LogP contribution >= 0.6 is 0 Å². The van der Waals surface area contributed by atoms with Gasteiger partial charge in [0.1, 0.15) is 23.5 Å². The van der Waals surface area contributed by atoms with Crippen molar-refractivity contribution in [2.75, 3.05) is 20.0 Å². The Labute approximate surface area is 105 Å². The van der Waals surface area contributed by atoms with Gasteiger partial charge in [-0.05, 0) is 19.1 Å². The topological polar surface area (TPSA) is 83.2 Å². The van der Waals surface area contributed by atoms with Crippen molar-refractivity contribution in [3.8, 4) is 22.8 Å². The zero-order valence-corrected chi connectivity index (χ0v) is 10.5. The largest absolute Gasteiger partial charge is 0.496 e. The molecule has 6 heteroatoms. The molecule has 0 amide bonds. The Morgan fingerprint density at radius 1 is 1.17 bits per heavy atom. The second kappa shape index (κ2) is 4.87. The van der Waals surface area contributed by atoms with Gasteiger partial charge in [0.2, 0.25) is 0 Å². The number of anilines is 1. The van der Waals surface area contributed by atoms with Crippen LogP contribution in [0.4, 0.5) is 5.82 Å². The summed E-state index contributed by atoms with van der Waals surface area (Å²) in [4.78, 5) is 3.92. The molecule has 0 fully saturated rings. The molecule has 94 valence electrons. The fourth-order valence-electron chi connectivity index (χ4n) is 1.82. The molecule has 2 aromatic rings. The van der Waals surface area contributed by atoms with E-state index in [-0.39, 0.29) is 0 Å². The summed E-state index contributed by atoms with van der Waals surface area (Å²) in [5.74, 6) is 1.71. The Morgan fingerprint density at radius 3 is 2.56 bits per heavy atom. The van der Waals surface area contributed by atoms with Crippen LogP contribution in [-0.2, 0) is 0 Å². The lowest BCUT2D eigenvalue weighted by Gasteiger charge is -2.14. The van der Waals surface area contributed by atoms with Crippen molar-refractivity contribution < 1.29 is 9.47 Å². The molecular formula is C12H14N4O2. The molecule has 1 aromatic heterocycles. The maximum Gasteiger partial charge on any atom is 0.153 e. The molecule has 0 aliphatic carbocycles. The quantitative estimate of drug-likeness (QED) is 0.882. The highest BCUT2D eigenvalue weighted by molar-refractivity contribution is 5.77. The third-order valence-electron chi connectivity index (χ3n) is 2.68. The summed E-state index contributed by atoms with van der Waals surface area (Å²) in [5.41, 5.74) is 7.92. The molecular weight excluding hydrogens is 232 g/mol. The van der Waals surface area contributed by atoms with Crippen LogP contribution in [0.2, 0.25) is 0 Å². The lowest BCUT2D eigenvalue weighted by molar-refractivity contribution is 0.390. The molecule has 2 rings (SSSR count). The molecule has 0 aliphatic heterocycles. The van der Waals surface area contributed by atoms with Gasteiger partial charge in [0.15, 0.2) is 5.82 Å². The van der Waals surface area contributed by atoms with Crippen molar-refractivity contribution in [3.05, 3.63) is 24.0 Å². The number of rotatable bonds is 3. The predicted octanol–water partition coefficient (Wildman–Crippen LogP) is 1.45. The maximum absolute atomic E-state index is 5.80. The summed E-state index contributed by atoms with van der Waals surface area (Å²) >= 11 is 0. The summed E-state index contributed by atoms with van der Waals surface area (Å²) in [6.07, 6.45) is 1.31. The number of ether oxygens (including phenoxy) is 2. The minimum atomic E-state index is 0.313. The van der Waals surface area contributed by atoms with Crippen molar-refractivity contribution in [1.82, 2.24) is 15.2 Å². The Hall–Kier alpha value is -2.37. The zero-order valence-electron chi connectivity index (χ0n) is 10.5. The van der Waals surface area contributed by atoms with E-state index < -0.39 is 0 Å². The molecule has 1 aromatic carbocycles. The Balaban J connectivity index is 2.66. The normalized spacial score (nSPS) is 10.2. The summed E-state index contributed by atoms with van der Waals surface area (Å²) in [6.45, 7) is 1.90. The van der Waals surface area contributed by atoms with E-state index in [1.807, 2.05) is 19.1 Å². The zero-order chi connectivity index (χ0) is 13.1. The van der Waals surface area contributed by atoms with Crippen LogP contribution in [0.5, 0.6) is 11.5 Å². The van der Waals surface area contributed by atoms with Gasteiger partial charge in [-0.15, -0.1) is 10.2 Å². The molecule has 18 heavy (non-hydrogen) atoms. The highest BCUT2D eigenvalue weighted by Gasteiger charge is 2.16. The van der Waals surface area contributed by atoms with E-state index in [1.54, 1.807) is 14.2 Å². The molecule has 0 saturated heterocycles. The van der Waals surface area contributed by atoms with Crippen LogP contribution < -0.4 is 15.2 Å². The van der Waals surface area contributed by atoms with Gasteiger partial charge in [0.05, 0.1) is 14.2 Å². The van der Waals surface area contributed by atoms with E-state index in [0.29, 0.717) is 17.3 Å². The number of hydrogen-bond acceptors (Lipinski definition) is 6. The SMILES string of the molecule is COc1ccc(-c2nncnc2N)c(OC)c1C. The molecule has 0 unspecified atom stereocenters. The van der Waals surface area contributed by atoms with Crippen LogP contribution in [0, 0.1) is 6.92 Å². The van der Waals surface area contributed by atoms with Crippen molar-refractivity contribution in [2.24, 2.45) is 0 Å². The second-order valence-electron chi connectivity index (χ2n) is 3.67. The summed E-state index contributed by atoms with van der Waals surface area (Å²) < 4.78 is 10.6. The Morgan fingerprint density at radius 2 is 1.94 bits per heavy atom. The number of nitrogens with two attached hydrogens (primary N) is 1. The molecule has 1 heterocycles. The Kier molecular flexibility index (Phi) is 3.27. The number of methoxy groups -OCH3 is 2. The van der Waals surface area contributed by atoms with Gasteiger partial charge in [-0.3, -0.25) is 0 Å². The van der Waals surface area contributed by atoms with Gasteiger partial charge < -0.3 is 15.2 Å². The third-order valence-corrected chi connectivity index (χ3v) is 2.68. The standard InChI is InChI=1S/C12H14N4O2/c1-7-9(17-2)5-4-8(11(7)18-3)10-12(13)14-6-15-16-10/h4-6H,1-3H3,(H2,13,14,15). The van der Waals surface area contributed by atoms with Gasteiger partial charge in [0, 0.05) is 11.1 Å². The van der Waals surface area contributed by atoms with Crippen LogP contribution in [0.3, 0.4) is 0 Å². The number of benzene rings is 1. The molecule has 0 saturated carbocycles. The van der Waals surface area contributed by atoms with Gasteiger partial charge >= 0.3 is 0 Å². The maximum atomic E-state index is 5.80. The third kappa shape index (κ3) is 1.92. The molecule has 0 spiro atoms. The average Bonchev–Trinajstić information content (AvgIpc) is 2.39. The van der Waals surface area contributed by atoms with E-state index in [2.05, 4.69) is 15.2 Å². The van der Waals surface area contributed by atoms with E-state index in [0.717, 1.165) is 16.9 Å². The molecule has 0 radical (unpaired) electrons. The first-order valence-corrected chi connectivity index (χ1v) is 5.34. The van der Waals surface area contributed by atoms with Gasteiger partial charge in [0.25, 0.3) is 0 Å². The smallest absolute Gasteiger partial charge is 0.153 e. The minimum absolute atomic E-state index is 0.313. The van der Waals surface area contributed by atoms with Gasteiger partial charge in [-0.1, -0.05) is 0 Å². The number of aromatic nitrogens is 3. The number of hydrogen-bond donors (Lipinski definition) is 1. The highest BCUT2D eigenvalue weighted by Crippen LogP contribution is 2.37. The first-order chi connectivity index (χ1) is 8.69. The average molecular weight is 246 g/mol. The summed E-state index contributed by atoms with van der Waals surface area (Å²) in [5, 5.41) is 7.74. The van der Waals surface area contributed by atoms with E-state index in [1.165, 1.54) is 6.33 Å².